The molecule has 5 nitrogen and oxygen atoms in total. The van der Waals surface area contributed by atoms with Crippen LogP contribution in [0.15, 0.2) is 0 Å². The van der Waals surface area contributed by atoms with Crippen LogP contribution < -0.4 is 11.1 Å². The number of amides is 3. The van der Waals surface area contributed by atoms with E-state index in [9.17, 15) is 9.59 Å². The quantitative estimate of drug-likeness (QED) is 0.759. The average Bonchev–Trinajstić information content (AvgIpc) is 2.79. The van der Waals surface area contributed by atoms with Crippen molar-refractivity contribution < 1.29 is 9.59 Å². The Hall–Kier alpha value is -1.26. The van der Waals surface area contributed by atoms with Gasteiger partial charge in [-0.1, -0.05) is 26.2 Å². The zero-order valence-electron chi connectivity index (χ0n) is 10.7. The largest absolute Gasteiger partial charge is 0.352 e. The van der Waals surface area contributed by atoms with Gasteiger partial charge in [-0.2, -0.15) is 0 Å². The normalized spacial score (nSPS) is 17.8. The summed E-state index contributed by atoms with van der Waals surface area (Å²) in [5.41, 5.74) is 5.09. The van der Waals surface area contributed by atoms with Gasteiger partial charge in [-0.05, 0) is 19.3 Å². The second-order valence-corrected chi connectivity index (χ2v) is 4.74. The summed E-state index contributed by atoms with van der Waals surface area (Å²) in [5.74, 6) is -0.0162. The monoisotopic (exact) mass is 241 g/mol. The van der Waals surface area contributed by atoms with Gasteiger partial charge in [-0.3, -0.25) is 4.79 Å². The van der Waals surface area contributed by atoms with E-state index < -0.39 is 12.1 Å². The molecule has 0 unspecified atom stereocenters. The predicted molar refractivity (Wildman–Crippen MR) is 66.4 cm³/mol. The summed E-state index contributed by atoms with van der Waals surface area (Å²) in [6.45, 7) is 1.98. The zero-order valence-corrected chi connectivity index (χ0v) is 10.7. The van der Waals surface area contributed by atoms with Gasteiger partial charge < -0.3 is 16.0 Å². The fraction of sp³-hybridized carbons (Fsp3) is 0.833. The van der Waals surface area contributed by atoms with Crippen molar-refractivity contribution in [3.63, 3.8) is 0 Å². The van der Waals surface area contributed by atoms with E-state index in [1.807, 2.05) is 14.0 Å². The fourth-order valence-electron chi connectivity index (χ4n) is 2.44. The predicted octanol–water partition coefficient (Wildman–Crippen LogP) is 1.22. The molecule has 0 aromatic heterocycles. The number of nitrogens with one attached hydrogen (secondary N) is 1. The van der Waals surface area contributed by atoms with Crippen LogP contribution in [0, 0.1) is 0 Å². The van der Waals surface area contributed by atoms with Crippen molar-refractivity contribution in [2.45, 2.75) is 57.5 Å². The summed E-state index contributed by atoms with van der Waals surface area (Å²) < 4.78 is 0. The highest BCUT2D eigenvalue weighted by atomic mass is 16.2. The number of hydrogen-bond acceptors (Lipinski definition) is 2. The number of nitrogens with two attached hydrogens (primary N) is 1. The molecular weight excluding hydrogens is 218 g/mol. The lowest BCUT2D eigenvalue weighted by Crippen LogP contribution is -2.51. The first-order chi connectivity index (χ1) is 8.06. The van der Waals surface area contributed by atoms with E-state index >= 15 is 0 Å². The minimum Gasteiger partial charge on any atom is -0.352 e. The van der Waals surface area contributed by atoms with E-state index in [4.69, 9.17) is 5.73 Å². The molecule has 0 aromatic carbocycles. The summed E-state index contributed by atoms with van der Waals surface area (Å²) >= 11 is 0. The van der Waals surface area contributed by atoms with Gasteiger partial charge >= 0.3 is 6.03 Å². The highest BCUT2D eigenvalue weighted by molar-refractivity contribution is 5.86. The molecule has 0 bridgehead atoms. The molecule has 1 rings (SSSR count). The second-order valence-electron chi connectivity index (χ2n) is 4.74. The molecule has 0 saturated heterocycles. The Bertz CT molecular complexity index is 275. The fourth-order valence-corrected chi connectivity index (χ4v) is 2.44. The van der Waals surface area contributed by atoms with Crippen molar-refractivity contribution in [2.75, 3.05) is 7.05 Å². The SMILES string of the molecule is CCC[C@H](NC(N)=O)C(=O)N(C)C1CCCC1. The average molecular weight is 241 g/mol. The van der Waals surface area contributed by atoms with E-state index in [2.05, 4.69) is 5.32 Å². The molecule has 17 heavy (non-hydrogen) atoms. The maximum absolute atomic E-state index is 12.2. The van der Waals surface area contributed by atoms with Crippen LogP contribution in [0.2, 0.25) is 0 Å². The van der Waals surface area contributed by atoms with E-state index in [-0.39, 0.29) is 5.91 Å². The van der Waals surface area contributed by atoms with E-state index in [1.165, 1.54) is 12.8 Å². The molecule has 1 fully saturated rings. The van der Waals surface area contributed by atoms with Crippen LogP contribution in [0.25, 0.3) is 0 Å². The van der Waals surface area contributed by atoms with Crippen molar-refractivity contribution in [3.05, 3.63) is 0 Å². The Morgan fingerprint density at radius 1 is 1.41 bits per heavy atom. The van der Waals surface area contributed by atoms with Crippen LogP contribution in [0.4, 0.5) is 4.79 Å². The molecule has 3 N–H and O–H groups in total. The molecule has 98 valence electrons. The maximum Gasteiger partial charge on any atom is 0.312 e. The molecule has 1 aliphatic carbocycles. The van der Waals surface area contributed by atoms with E-state index in [0.717, 1.165) is 19.3 Å². The minimum absolute atomic E-state index is 0.0162. The van der Waals surface area contributed by atoms with Gasteiger partial charge in [0.05, 0.1) is 0 Å². The highest BCUT2D eigenvalue weighted by Gasteiger charge is 2.28. The molecule has 0 aliphatic heterocycles. The van der Waals surface area contributed by atoms with Gasteiger partial charge in [-0.15, -0.1) is 0 Å². The Labute approximate surface area is 103 Å². The molecule has 0 spiro atoms. The van der Waals surface area contributed by atoms with Crippen LogP contribution >= 0.6 is 0 Å². The summed E-state index contributed by atoms with van der Waals surface area (Å²) in [5, 5.41) is 2.53. The Balaban J connectivity index is 2.58. The molecular formula is C12H23N3O2. The van der Waals surface area contributed by atoms with Crippen LogP contribution in [-0.2, 0) is 4.79 Å². The first-order valence-electron chi connectivity index (χ1n) is 6.39. The van der Waals surface area contributed by atoms with Crippen molar-refractivity contribution >= 4 is 11.9 Å². The van der Waals surface area contributed by atoms with E-state index in [1.54, 1.807) is 4.90 Å². The number of hydrogen-bond donors (Lipinski definition) is 2. The first kappa shape index (κ1) is 13.8. The lowest BCUT2D eigenvalue weighted by Gasteiger charge is -2.28. The number of nitrogens with zero attached hydrogens (tertiary/aromatic N) is 1. The van der Waals surface area contributed by atoms with Crippen molar-refractivity contribution in [2.24, 2.45) is 5.73 Å². The highest BCUT2D eigenvalue weighted by Crippen LogP contribution is 2.23. The molecule has 3 amide bonds. The van der Waals surface area contributed by atoms with Crippen LogP contribution in [-0.4, -0.2) is 36.0 Å². The minimum atomic E-state index is -0.628. The summed E-state index contributed by atoms with van der Waals surface area (Å²) in [6.07, 6.45) is 5.98. The molecule has 0 radical (unpaired) electrons. The molecule has 0 aromatic rings. The summed E-state index contributed by atoms with van der Waals surface area (Å²) in [4.78, 5) is 24.9. The molecule has 1 atom stereocenters. The Morgan fingerprint density at radius 2 is 2.00 bits per heavy atom. The number of primary amides is 1. The third-order valence-electron chi connectivity index (χ3n) is 3.41. The van der Waals surface area contributed by atoms with Crippen molar-refractivity contribution in [3.8, 4) is 0 Å². The number of likely N-dealkylation sites (N-methyl/N-ethyl adjacent to an activating group) is 1. The van der Waals surface area contributed by atoms with Gasteiger partial charge in [-0.25, -0.2) is 4.79 Å². The topological polar surface area (TPSA) is 75.4 Å². The van der Waals surface area contributed by atoms with E-state index in [0.29, 0.717) is 12.5 Å². The van der Waals surface area contributed by atoms with Crippen LogP contribution in [0.5, 0.6) is 0 Å². The van der Waals surface area contributed by atoms with Crippen molar-refractivity contribution in [1.29, 1.82) is 0 Å². The number of carbonyl (C=O) groups is 2. The lowest BCUT2D eigenvalue weighted by atomic mass is 10.1. The molecule has 5 heteroatoms. The number of carbonyl (C=O) groups excluding carboxylic acids is 2. The Morgan fingerprint density at radius 3 is 2.47 bits per heavy atom. The van der Waals surface area contributed by atoms with Gasteiger partial charge in [0.2, 0.25) is 5.91 Å². The zero-order chi connectivity index (χ0) is 12.8. The van der Waals surface area contributed by atoms with Crippen molar-refractivity contribution in [1.82, 2.24) is 10.2 Å². The third kappa shape index (κ3) is 3.91. The number of rotatable bonds is 5. The van der Waals surface area contributed by atoms with Crippen LogP contribution in [0.3, 0.4) is 0 Å². The Kier molecular flexibility index (Phi) is 5.25. The number of urea groups is 1. The smallest absolute Gasteiger partial charge is 0.312 e. The van der Waals surface area contributed by atoms with Gasteiger partial charge in [0, 0.05) is 13.1 Å². The maximum atomic E-state index is 12.2. The molecule has 1 saturated carbocycles. The second kappa shape index (κ2) is 6.47. The third-order valence-corrected chi connectivity index (χ3v) is 3.41. The van der Waals surface area contributed by atoms with Gasteiger partial charge in [0.15, 0.2) is 0 Å². The summed E-state index contributed by atoms with van der Waals surface area (Å²) in [7, 11) is 1.82. The first-order valence-corrected chi connectivity index (χ1v) is 6.39. The molecule has 1 aliphatic rings. The van der Waals surface area contributed by atoms with Gasteiger partial charge in [0.25, 0.3) is 0 Å². The summed E-state index contributed by atoms with van der Waals surface area (Å²) in [6, 6.07) is -0.767. The standard InChI is InChI=1S/C12H23N3O2/c1-3-6-10(14-12(13)17)11(16)15(2)9-7-4-5-8-9/h9-10H,3-8H2,1-2H3,(H3,13,14,17)/t10-/m0/s1. The van der Waals surface area contributed by atoms with Gasteiger partial charge in [0.1, 0.15) is 6.04 Å². The molecule has 0 heterocycles. The lowest BCUT2D eigenvalue weighted by molar-refractivity contribution is -0.134. The van der Waals surface area contributed by atoms with Crippen LogP contribution in [0.1, 0.15) is 45.4 Å².